The molecule has 2 saturated carbocycles. The standard InChI is InChI=1S/C27H33ClN4O3S/c1-32-25-12-8-20(27(33)29-16-18-5-3-2-4-6-18)14-24(25)31-26(32)15-21-13-19(7-11-23(21)28)17-30-36(34,35)22-9-10-22/h7-8,11-14,18,22,30H,2-6,9-10,15-17H2,1H3,(H,29,33). The molecule has 2 N–H and O–H groups in total. The molecule has 2 aliphatic rings. The number of aromatic nitrogens is 2. The second-order valence-corrected chi connectivity index (χ2v) is 12.6. The van der Waals surface area contributed by atoms with Crippen LogP contribution >= 0.6 is 11.6 Å². The lowest BCUT2D eigenvalue weighted by Crippen LogP contribution is -2.30. The fraction of sp³-hybridized carbons (Fsp3) is 0.481. The molecular weight excluding hydrogens is 496 g/mol. The van der Waals surface area contributed by atoms with Crippen molar-refractivity contribution in [3.63, 3.8) is 0 Å². The quantitative estimate of drug-likeness (QED) is 0.420. The average Bonchev–Trinajstić information content (AvgIpc) is 3.70. The zero-order valence-electron chi connectivity index (χ0n) is 20.6. The predicted octanol–water partition coefficient (Wildman–Crippen LogP) is 4.71. The second-order valence-electron chi connectivity index (χ2n) is 10.2. The molecule has 2 aromatic carbocycles. The van der Waals surface area contributed by atoms with E-state index in [1.807, 2.05) is 41.9 Å². The molecule has 0 spiro atoms. The Balaban J connectivity index is 1.29. The molecule has 0 aliphatic heterocycles. The van der Waals surface area contributed by atoms with Gasteiger partial charge in [0.2, 0.25) is 10.0 Å². The molecule has 0 bridgehead atoms. The maximum atomic E-state index is 12.8. The van der Waals surface area contributed by atoms with Gasteiger partial charge in [-0.3, -0.25) is 4.79 Å². The summed E-state index contributed by atoms with van der Waals surface area (Å²) in [4.78, 5) is 17.6. The van der Waals surface area contributed by atoms with E-state index in [1.54, 1.807) is 6.07 Å². The van der Waals surface area contributed by atoms with Gasteiger partial charge in [0, 0.05) is 37.1 Å². The molecule has 9 heteroatoms. The van der Waals surface area contributed by atoms with E-state index < -0.39 is 10.0 Å². The van der Waals surface area contributed by atoms with Crippen LogP contribution in [0.1, 0.15) is 72.3 Å². The van der Waals surface area contributed by atoms with Crippen molar-refractivity contribution in [2.45, 2.75) is 63.2 Å². The van der Waals surface area contributed by atoms with Gasteiger partial charge in [0.05, 0.1) is 16.3 Å². The molecule has 0 atom stereocenters. The number of nitrogens with zero attached hydrogens (tertiary/aromatic N) is 2. The first-order valence-electron chi connectivity index (χ1n) is 12.8. The van der Waals surface area contributed by atoms with Crippen LogP contribution in [-0.4, -0.2) is 35.7 Å². The normalized spacial score (nSPS) is 16.9. The van der Waals surface area contributed by atoms with Crippen LogP contribution in [0.15, 0.2) is 36.4 Å². The van der Waals surface area contributed by atoms with Crippen molar-refractivity contribution in [2.24, 2.45) is 13.0 Å². The first-order valence-corrected chi connectivity index (χ1v) is 14.7. The maximum Gasteiger partial charge on any atom is 0.251 e. The van der Waals surface area contributed by atoms with Crippen LogP contribution in [0.25, 0.3) is 11.0 Å². The van der Waals surface area contributed by atoms with Crippen molar-refractivity contribution in [3.05, 3.63) is 63.9 Å². The molecule has 0 saturated heterocycles. The number of carbonyl (C=O) groups is 1. The molecule has 7 nitrogen and oxygen atoms in total. The van der Waals surface area contributed by atoms with Crippen LogP contribution in [0.5, 0.6) is 0 Å². The summed E-state index contributed by atoms with van der Waals surface area (Å²) in [6, 6.07) is 11.2. The van der Waals surface area contributed by atoms with Crippen molar-refractivity contribution in [1.82, 2.24) is 19.6 Å². The van der Waals surface area contributed by atoms with Gasteiger partial charge < -0.3 is 9.88 Å². The third kappa shape index (κ3) is 5.76. The molecule has 1 amide bonds. The smallest absolute Gasteiger partial charge is 0.251 e. The zero-order chi connectivity index (χ0) is 25.3. The van der Waals surface area contributed by atoms with Gasteiger partial charge in [-0.2, -0.15) is 0 Å². The second kappa shape index (κ2) is 10.5. The monoisotopic (exact) mass is 528 g/mol. The van der Waals surface area contributed by atoms with Crippen LogP contribution in [0.4, 0.5) is 0 Å². The molecule has 36 heavy (non-hydrogen) atoms. The Morgan fingerprint density at radius 3 is 2.61 bits per heavy atom. The molecule has 1 heterocycles. The molecular formula is C27H33ClN4O3S. The van der Waals surface area contributed by atoms with Gasteiger partial charge in [0.1, 0.15) is 5.82 Å². The number of imidazole rings is 1. The van der Waals surface area contributed by atoms with Crippen LogP contribution in [0.2, 0.25) is 5.02 Å². The Bertz CT molecular complexity index is 1380. The molecule has 3 aromatic rings. The van der Waals surface area contributed by atoms with Gasteiger partial charge in [0.15, 0.2) is 0 Å². The number of fused-ring (bicyclic) bond motifs is 1. The fourth-order valence-electron chi connectivity index (χ4n) is 5.00. The van der Waals surface area contributed by atoms with Gasteiger partial charge in [-0.15, -0.1) is 0 Å². The first kappa shape index (κ1) is 25.2. The Kier molecular flexibility index (Phi) is 7.37. The minimum Gasteiger partial charge on any atom is -0.352 e. The summed E-state index contributed by atoms with van der Waals surface area (Å²) in [7, 11) is -1.29. The highest BCUT2D eigenvalue weighted by molar-refractivity contribution is 7.90. The minimum absolute atomic E-state index is 0.0564. The van der Waals surface area contributed by atoms with E-state index in [2.05, 4.69) is 10.0 Å². The Morgan fingerprint density at radius 2 is 1.86 bits per heavy atom. The van der Waals surface area contributed by atoms with E-state index in [4.69, 9.17) is 16.6 Å². The third-order valence-electron chi connectivity index (χ3n) is 7.41. The van der Waals surface area contributed by atoms with Crippen molar-refractivity contribution in [1.29, 1.82) is 0 Å². The topological polar surface area (TPSA) is 93.1 Å². The number of rotatable bonds is 9. The highest BCUT2D eigenvalue weighted by atomic mass is 35.5. The predicted molar refractivity (Wildman–Crippen MR) is 143 cm³/mol. The highest BCUT2D eigenvalue weighted by Gasteiger charge is 2.35. The summed E-state index contributed by atoms with van der Waals surface area (Å²) in [6.45, 7) is 0.973. The van der Waals surface area contributed by atoms with E-state index >= 15 is 0 Å². The summed E-state index contributed by atoms with van der Waals surface area (Å²) in [5, 5.41) is 3.46. The number of aryl methyl sites for hydroxylation is 1. The van der Waals surface area contributed by atoms with Crippen molar-refractivity contribution in [2.75, 3.05) is 6.54 Å². The molecule has 0 unspecified atom stereocenters. The third-order valence-corrected chi connectivity index (χ3v) is 9.68. The van der Waals surface area contributed by atoms with Crippen molar-refractivity contribution >= 4 is 38.6 Å². The van der Waals surface area contributed by atoms with Gasteiger partial charge in [0.25, 0.3) is 5.91 Å². The molecule has 2 aliphatic carbocycles. The van der Waals surface area contributed by atoms with E-state index in [0.29, 0.717) is 22.9 Å². The Hall–Kier alpha value is -2.42. The SMILES string of the molecule is Cn1c(Cc2cc(CNS(=O)(=O)C3CC3)ccc2Cl)nc2cc(C(=O)NCC3CCCCC3)ccc21. The summed E-state index contributed by atoms with van der Waals surface area (Å²) < 4.78 is 29.1. The number of sulfonamides is 1. The minimum atomic E-state index is -3.25. The molecule has 192 valence electrons. The van der Waals surface area contributed by atoms with Crippen LogP contribution in [0.3, 0.4) is 0 Å². The number of amides is 1. The number of benzene rings is 2. The Morgan fingerprint density at radius 1 is 1.08 bits per heavy atom. The lowest BCUT2D eigenvalue weighted by Gasteiger charge is -2.21. The highest BCUT2D eigenvalue weighted by Crippen LogP contribution is 2.28. The van der Waals surface area contributed by atoms with Gasteiger partial charge in [-0.25, -0.2) is 18.1 Å². The number of carbonyl (C=O) groups excluding carboxylic acids is 1. The van der Waals surface area contributed by atoms with Gasteiger partial charge in [-0.05, 0) is 67.0 Å². The van der Waals surface area contributed by atoms with E-state index in [9.17, 15) is 13.2 Å². The molecule has 5 rings (SSSR count). The first-order chi connectivity index (χ1) is 17.3. The summed E-state index contributed by atoms with van der Waals surface area (Å²) in [5.41, 5.74) is 4.06. The number of halogens is 1. The molecule has 2 fully saturated rings. The van der Waals surface area contributed by atoms with Crippen LogP contribution < -0.4 is 10.0 Å². The molecule has 0 radical (unpaired) electrons. The van der Waals surface area contributed by atoms with E-state index in [0.717, 1.165) is 47.4 Å². The van der Waals surface area contributed by atoms with Gasteiger partial charge >= 0.3 is 0 Å². The average molecular weight is 529 g/mol. The number of hydrogen-bond acceptors (Lipinski definition) is 4. The van der Waals surface area contributed by atoms with Gasteiger partial charge in [-0.1, -0.05) is 43.0 Å². The number of nitrogens with one attached hydrogen (secondary N) is 2. The lowest BCUT2D eigenvalue weighted by molar-refractivity contribution is 0.0943. The summed E-state index contributed by atoms with van der Waals surface area (Å²) >= 11 is 6.48. The van der Waals surface area contributed by atoms with Crippen LogP contribution in [0, 0.1) is 5.92 Å². The van der Waals surface area contributed by atoms with E-state index in [1.165, 1.54) is 32.1 Å². The Labute approximate surface area is 217 Å². The maximum absolute atomic E-state index is 12.8. The van der Waals surface area contributed by atoms with Crippen molar-refractivity contribution < 1.29 is 13.2 Å². The van der Waals surface area contributed by atoms with Crippen LogP contribution in [-0.2, 0) is 30.0 Å². The lowest BCUT2D eigenvalue weighted by atomic mass is 9.89. The van der Waals surface area contributed by atoms with E-state index in [-0.39, 0.29) is 17.7 Å². The summed E-state index contributed by atoms with van der Waals surface area (Å²) in [5.74, 6) is 1.35. The largest absolute Gasteiger partial charge is 0.352 e. The van der Waals surface area contributed by atoms with Crippen molar-refractivity contribution in [3.8, 4) is 0 Å². The zero-order valence-corrected chi connectivity index (χ0v) is 22.2. The summed E-state index contributed by atoms with van der Waals surface area (Å²) in [6.07, 6.45) is 8.17. The molecule has 1 aromatic heterocycles. The fourth-order valence-corrected chi connectivity index (χ4v) is 6.55. The number of hydrogen-bond donors (Lipinski definition) is 2.